The minimum absolute atomic E-state index is 0.201. The van der Waals surface area contributed by atoms with E-state index in [9.17, 15) is 0 Å². The fraction of sp³-hybridized carbons (Fsp3) is 0.708. The first-order chi connectivity index (χ1) is 15.9. The van der Waals surface area contributed by atoms with Gasteiger partial charge in [0, 0.05) is 0 Å². The fourth-order valence-corrected chi connectivity index (χ4v) is 5.72. The van der Waals surface area contributed by atoms with Crippen LogP contribution in [-0.4, -0.2) is 56.2 Å². The Labute approximate surface area is 193 Å². The Bertz CT molecular complexity index is 1090. The standard InChI is InChI=1S/C24H32N6O3/c1-23(2)32-18-16(9-8-15-7-3-6-12-26-15)31-22(19(18)33-23)30-14-29-17-20(27-13-28-21(17)30)24(25)10-4-5-11-24/h13-16,18-19,22,26H,3-7,10-12,25H2,1-2H3/t15?,16-,18-,19-,22-/m1/s1. The third kappa shape index (κ3) is 3.74. The molecule has 1 unspecified atom stereocenters. The molecule has 0 spiro atoms. The summed E-state index contributed by atoms with van der Waals surface area (Å²) in [6, 6.07) is 0.201. The van der Waals surface area contributed by atoms with Crippen LogP contribution in [0.5, 0.6) is 0 Å². The number of imidazole rings is 1. The van der Waals surface area contributed by atoms with Gasteiger partial charge in [-0.3, -0.25) is 4.57 Å². The SMILES string of the molecule is CC1(C)O[C@@H]2[C@H](O1)[C@@H](C#CC1CCCCN1)O[C@H]2n1cnc2c(C3(N)CCCC3)ncnc21. The first-order valence-electron chi connectivity index (χ1n) is 12.2. The predicted molar refractivity (Wildman–Crippen MR) is 121 cm³/mol. The van der Waals surface area contributed by atoms with Crippen molar-refractivity contribution in [2.24, 2.45) is 5.73 Å². The average Bonchev–Trinajstić information content (AvgIpc) is 3.56. The van der Waals surface area contributed by atoms with Gasteiger partial charge in [-0.1, -0.05) is 24.7 Å². The van der Waals surface area contributed by atoms with Gasteiger partial charge in [0.2, 0.25) is 0 Å². The molecule has 3 aliphatic heterocycles. The van der Waals surface area contributed by atoms with Crippen LogP contribution in [0.1, 0.15) is 70.7 Å². The number of nitrogens with two attached hydrogens (primary N) is 1. The summed E-state index contributed by atoms with van der Waals surface area (Å²) in [4.78, 5) is 13.8. The van der Waals surface area contributed by atoms with E-state index in [4.69, 9.17) is 19.9 Å². The monoisotopic (exact) mass is 452 g/mol. The molecule has 2 aromatic rings. The zero-order chi connectivity index (χ0) is 22.6. The highest BCUT2D eigenvalue weighted by molar-refractivity contribution is 5.74. The summed E-state index contributed by atoms with van der Waals surface area (Å²) in [5.41, 5.74) is 8.54. The van der Waals surface area contributed by atoms with E-state index in [2.05, 4.69) is 32.1 Å². The first kappa shape index (κ1) is 21.4. The van der Waals surface area contributed by atoms with Gasteiger partial charge in [-0.15, -0.1) is 0 Å². The van der Waals surface area contributed by atoms with Crippen LogP contribution in [0.2, 0.25) is 0 Å². The molecule has 5 atom stereocenters. The molecule has 0 amide bonds. The highest BCUT2D eigenvalue weighted by atomic mass is 16.8. The fourth-order valence-electron chi connectivity index (χ4n) is 5.72. The number of rotatable bonds is 2. The van der Waals surface area contributed by atoms with Crippen molar-refractivity contribution < 1.29 is 14.2 Å². The van der Waals surface area contributed by atoms with Crippen molar-refractivity contribution in [3.05, 3.63) is 18.3 Å². The molecule has 1 aliphatic carbocycles. The Hall–Kier alpha value is -2.09. The average molecular weight is 453 g/mol. The maximum absolute atomic E-state index is 6.72. The summed E-state index contributed by atoms with van der Waals surface area (Å²) in [6.45, 7) is 4.87. The molecule has 5 heterocycles. The van der Waals surface area contributed by atoms with Crippen molar-refractivity contribution in [1.82, 2.24) is 24.8 Å². The molecule has 0 aromatic carbocycles. The van der Waals surface area contributed by atoms with Gasteiger partial charge in [-0.05, 0) is 52.5 Å². The van der Waals surface area contributed by atoms with Crippen LogP contribution in [0, 0.1) is 11.8 Å². The lowest BCUT2D eigenvalue weighted by Gasteiger charge is -2.24. The zero-order valence-corrected chi connectivity index (χ0v) is 19.3. The molecule has 6 rings (SSSR count). The van der Waals surface area contributed by atoms with E-state index in [1.54, 1.807) is 12.7 Å². The second-order valence-corrected chi connectivity index (χ2v) is 10.2. The van der Waals surface area contributed by atoms with Crippen molar-refractivity contribution in [2.45, 2.75) is 101 Å². The number of hydrogen-bond donors (Lipinski definition) is 2. The molecular weight excluding hydrogens is 420 g/mol. The van der Waals surface area contributed by atoms with Gasteiger partial charge in [0.05, 0.1) is 23.6 Å². The number of piperidine rings is 1. The topological polar surface area (TPSA) is 109 Å². The van der Waals surface area contributed by atoms with E-state index < -0.39 is 17.6 Å². The molecule has 1 saturated carbocycles. The van der Waals surface area contributed by atoms with E-state index in [1.807, 2.05) is 18.4 Å². The summed E-state index contributed by atoms with van der Waals surface area (Å²) in [5, 5.41) is 3.47. The van der Waals surface area contributed by atoms with Crippen LogP contribution in [0.15, 0.2) is 12.7 Å². The summed E-state index contributed by atoms with van der Waals surface area (Å²) in [6.07, 6.45) is 9.42. The normalized spacial score (nSPS) is 34.8. The number of aromatic nitrogens is 4. The van der Waals surface area contributed by atoms with Crippen molar-refractivity contribution in [3.8, 4) is 11.8 Å². The lowest BCUT2D eigenvalue weighted by atomic mass is 9.94. The van der Waals surface area contributed by atoms with Crippen LogP contribution in [0.4, 0.5) is 0 Å². The number of hydrogen-bond acceptors (Lipinski definition) is 8. The van der Waals surface area contributed by atoms with Crippen molar-refractivity contribution >= 4 is 11.2 Å². The van der Waals surface area contributed by atoms with Gasteiger partial charge < -0.3 is 25.3 Å². The summed E-state index contributed by atoms with van der Waals surface area (Å²) < 4.78 is 20.9. The van der Waals surface area contributed by atoms with Crippen molar-refractivity contribution in [1.29, 1.82) is 0 Å². The highest BCUT2D eigenvalue weighted by Gasteiger charge is 2.56. The van der Waals surface area contributed by atoms with Gasteiger partial charge in [0.1, 0.15) is 30.2 Å². The minimum Gasteiger partial charge on any atom is -0.341 e. The lowest BCUT2D eigenvalue weighted by molar-refractivity contribution is -0.190. The molecular formula is C24H32N6O3. The van der Waals surface area contributed by atoms with Gasteiger partial charge >= 0.3 is 0 Å². The Kier molecular flexibility index (Phi) is 5.20. The van der Waals surface area contributed by atoms with Crippen LogP contribution in [0.25, 0.3) is 11.2 Å². The quantitative estimate of drug-likeness (QED) is 0.667. The molecule has 0 bridgehead atoms. The van der Waals surface area contributed by atoms with E-state index >= 15 is 0 Å². The lowest BCUT2D eigenvalue weighted by Crippen LogP contribution is -2.34. The first-order valence-corrected chi connectivity index (χ1v) is 12.2. The third-order valence-corrected chi connectivity index (χ3v) is 7.34. The third-order valence-electron chi connectivity index (χ3n) is 7.34. The molecule has 4 aliphatic rings. The van der Waals surface area contributed by atoms with Crippen LogP contribution in [0.3, 0.4) is 0 Å². The van der Waals surface area contributed by atoms with Crippen LogP contribution < -0.4 is 11.1 Å². The Morgan fingerprint density at radius 2 is 1.88 bits per heavy atom. The predicted octanol–water partition coefficient (Wildman–Crippen LogP) is 2.12. The van der Waals surface area contributed by atoms with Gasteiger partial charge in [-0.25, -0.2) is 15.0 Å². The van der Waals surface area contributed by atoms with Gasteiger partial charge in [0.25, 0.3) is 0 Å². The largest absolute Gasteiger partial charge is 0.341 e. The smallest absolute Gasteiger partial charge is 0.167 e. The second kappa shape index (κ2) is 8.00. The van der Waals surface area contributed by atoms with E-state index in [-0.39, 0.29) is 24.4 Å². The van der Waals surface area contributed by atoms with Gasteiger partial charge in [0.15, 0.2) is 17.7 Å². The Morgan fingerprint density at radius 3 is 2.67 bits per heavy atom. The molecule has 3 saturated heterocycles. The van der Waals surface area contributed by atoms with E-state index in [1.165, 1.54) is 12.8 Å². The summed E-state index contributed by atoms with van der Waals surface area (Å²) in [5.74, 6) is 6.00. The molecule has 0 radical (unpaired) electrons. The molecule has 9 heteroatoms. The second-order valence-electron chi connectivity index (χ2n) is 10.2. The molecule has 33 heavy (non-hydrogen) atoms. The summed E-state index contributed by atoms with van der Waals surface area (Å²) >= 11 is 0. The Balaban J connectivity index is 1.34. The number of nitrogens with one attached hydrogen (secondary N) is 1. The zero-order valence-electron chi connectivity index (χ0n) is 19.3. The molecule has 9 nitrogen and oxygen atoms in total. The molecule has 176 valence electrons. The summed E-state index contributed by atoms with van der Waals surface area (Å²) in [7, 11) is 0. The molecule has 2 aromatic heterocycles. The number of ether oxygens (including phenoxy) is 3. The van der Waals surface area contributed by atoms with Crippen molar-refractivity contribution in [2.75, 3.05) is 6.54 Å². The molecule has 4 fully saturated rings. The van der Waals surface area contributed by atoms with Crippen LogP contribution in [-0.2, 0) is 19.7 Å². The number of fused-ring (bicyclic) bond motifs is 2. The van der Waals surface area contributed by atoms with Crippen molar-refractivity contribution in [3.63, 3.8) is 0 Å². The highest BCUT2D eigenvalue weighted by Crippen LogP contribution is 2.44. The Morgan fingerprint density at radius 1 is 1.06 bits per heavy atom. The van der Waals surface area contributed by atoms with Crippen LogP contribution >= 0.6 is 0 Å². The minimum atomic E-state index is -0.706. The van der Waals surface area contributed by atoms with E-state index in [0.29, 0.717) is 5.65 Å². The molecule has 3 N–H and O–H groups in total. The maximum atomic E-state index is 6.72. The number of nitrogens with zero attached hydrogens (tertiary/aromatic N) is 4. The maximum Gasteiger partial charge on any atom is 0.167 e. The van der Waals surface area contributed by atoms with E-state index in [0.717, 1.165) is 49.9 Å². The van der Waals surface area contributed by atoms with Gasteiger partial charge in [-0.2, -0.15) is 0 Å².